The van der Waals surface area contributed by atoms with Gasteiger partial charge >= 0.3 is 0 Å². The number of aromatic nitrogens is 3. The zero-order chi connectivity index (χ0) is 19.0. The Morgan fingerprint density at radius 1 is 1.15 bits per heavy atom. The van der Waals surface area contributed by atoms with Crippen molar-refractivity contribution < 1.29 is 8.78 Å². The number of halogens is 2. The Hall–Kier alpha value is -2.74. The maximum absolute atomic E-state index is 14.0. The average Bonchev–Trinajstić information content (AvgIpc) is 3.03. The van der Waals surface area contributed by atoms with E-state index in [4.69, 9.17) is 0 Å². The van der Waals surface area contributed by atoms with E-state index in [0.29, 0.717) is 43.0 Å². The maximum Gasteiger partial charge on any atom is 0.254 e. The molecule has 1 saturated heterocycles. The molecule has 0 bridgehead atoms. The van der Waals surface area contributed by atoms with Gasteiger partial charge in [-0.2, -0.15) is 5.10 Å². The lowest BCUT2D eigenvalue weighted by atomic mass is 10.2. The summed E-state index contributed by atoms with van der Waals surface area (Å²) in [4.78, 5) is 18.9. The first-order chi connectivity index (χ1) is 13.0. The molecule has 1 aliphatic heterocycles. The standard InChI is InChI=1S/C19H21F2N5O/c1-2-13-11-26-18(22-19(13)27)10-15(23-26)12-24-5-7-25(8-6-24)17-4-3-14(20)9-16(17)21/h3-4,9-11H,2,5-8,12H2,1H3,(H,22,27). The van der Waals surface area contributed by atoms with Crippen LogP contribution in [0.15, 0.2) is 35.3 Å². The Morgan fingerprint density at radius 3 is 2.63 bits per heavy atom. The number of nitrogens with one attached hydrogen (secondary N) is 1. The monoisotopic (exact) mass is 373 g/mol. The summed E-state index contributed by atoms with van der Waals surface area (Å²) < 4.78 is 28.7. The zero-order valence-corrected chi connectivity index (χ0v) is 15.1. The minimum atomic E-state index is -0.564. The van der Waals surface area contributed by atoms with Crippen molar-refractivity contribution in [3.8, 4) is 0 Å². The van der Waals surface area contributed by atoms with Gasteiger partial charge in [-0.25, -0.2) is 13.3 Å². The lowest BCUT2D eigenvalue weighted by molar-refractivity contribution is 0.246. The summed E-state index contributed by atoms with van der Waals surface area (Å²) in [5, 5.41) is 4.55. The molecule has 6 nitrogen and oxygen atoms in total. The second-order valence-electron chi connectivity index (χ2n) is 6.79. The van der Waals surface area contributed by atoms with Crippen molar-refractivity contribution in [2.75, 3.05) is 31.1 Å². The quantitative estimate of drug-likeness (QED) is 0.762. The Morgan fingerprint density at radius 2 is 1.93 bits per heavy atom. The van der Waals surface area contributed by atoms with Gasteiger partial charge in [-0.05, 0) is 18.6 Å². The minimum Gasteiger partial charge on any atom is -0.367 e. The number of fused-ring (bicyclic) bond motifs is 1. The maximum atomic E-state index is 14.0. The molecule has 2 aromatic heterocycles. The number of benzene rings is 1. The lowest BCUT2D eigenvalue weighted by Crippen LogP contribution is -2.46. The first kappa shape index (κ1) is 17.7. The molecule has 1 aliphatic rings. The molecular formula is C19H21F2N5O. The summed E-state index contributed by atoms with van der Waals surface area (Å²) in [7, 11) is 0. The number of nitrogens with zero attached hydrogens (tertiary/aromatic N) is 4. The van der Waals surface area contributed by atoms with Crippen LogP contribution in [0.5, 0.6) is 0 Å². The molecule has 3 heterocycles. The third-order valence-electron chi connectivity index (χ3n) is 4.99. The van der Waals surface area contributed by atoms with E-state index in [0.717, 1.165) is 24.8 Å². The Kier molecular flexibility index (Phi) is 4.65. The van der Waals surface area contributed by atoms with E-state index in [2.05, 4.69) is 15.0 Å². The van der Waals surface area contributed by atoms with Crippen LogP contribution in [0.3, 0.4) is 0 Å². The summed E-state index contributed by atoms with van der Waals surface area (Å²) >= 11 is 0. The zero-order valence-electron chi connectivity index (χ0n) is 15.1. The molecule has 0 unspecified atom stereocenters. The molecule has 0 saturated carbocycles. The third kappa shape index (κ3) is 3.57. The fourth-order valence-electron chi connectivity index (χ4n) is 3.48. The summed E-state index contributed by atoms with van der Waals surface area (Å²) in [5.74, 6) is -1.09. The lowest BCUT2D eigenvalue weighted by Gasteiger charge is -2.35. The molecule has 0 radical (unpaired) electrons. The molecular weight excluding hydrogens is 352 g/mol. The molecule has 142 valence electrons. The van der Waals surface area contributed by atoms with Crippen LogP contribution in [-0.4, -0.2) is 45.7 Å². The van der Waals surface area contributed by atoms with Gasteiger partial charge < -0.3 is 9.88 Å². The Balaban J connectivity index is 1.43. The van der Waals surface area contributed by atoms with E-state index in [1.54, 1.807) is 10.7 Å². The molecule has 1 aromatic carbocycles. The van der Waals surface area contributed by atoms with Crippen molar-refractivity contribution >= 4 is 11.3 Å². The van der Waals surface area contributed by atoms with Crippen LogP contribution >= 0.6 is 0 Å². The second-order valence-corrected chi connectivity index (χ2v) is 6.79. The predicted octanol–water partition coefficient (Wildman–Crippen LogP) is 2.19. The van der Waals surface area contributed by atoms with Crippen molar-refractivity contribution in [3.05, 3.63) is 63.7 Å². The molecule has 0 spiro atoms. The number of piperazine rings is 1. The van der Waals surface area contributed by atoms with Gasteiger partial charge in [0.2, 0.25) is 0 Å². The number of aromatic amines is 1. The first-order valence-corrected chi connectivity index (χ1v) is 9.06. The SMILES string of the molecule is CCc1cn2nc(CN3CCN(c4ccc(F)cc4F)CC3)cc2[nH]c1=O. The van der Waals surface area contributed by atoms with Gasteiger partial charge in [0.15, 0.2) is 0 Å². The topological polar surface area (TPSA) is 56.6 Å². The smallest absolute Gasteiger partial charge is 0.254 e. The molecule has 1 fully saturated rings. The van der Waals surface area contributed by atoms with E-state index < -0.39 is 11.6 Å². The molecule has 27 heavy (non-hydrogen) atoms. The summed E-state index contributed by atoms with van der Waals surface area (Å²) in [6.45, 7) is 5.41. The number of rotatable bonds is 4. The Bertz CT molecular complexity index is 1020. The fraction of sp³-hybridized carbons (Fsp3) is 0.368. The molecule has 0 aliphatic carbocycles. The van der Waals surface area contributed by atoms with Crippen molar-refractivity contribution in [2.45, 2.75) is 19.9 Å². The Labute approximate surface area is 155 Å². The van der Waals surface area contributed by atoms with E-state index in [1.165, 1.54) is 12.1 Å². The molecule has 0 amide bonds. The van der Waals surface area contributed by atoms with Gasteiger partial charge in [-0.15, -0.1) is 0 Å². The molecule has 0 atom stereocenters. The van der Waals surface area contributed by atoms with E-state index in [9.17, 15) is 13.6 Å². The van der Waals surface area contributed by atoms with Crippen LogP contribution in [0.25, 0.3) is 5.65 Å². The number of anilines is 1. The highest BCUT2D eigenvalue weighted by Crippen LogP contribution is 2.22. The van der Waals surface area contributed by atoms with Crippen LogP contribution in [0, 0.1) is 11.6 Å². The second kappa shape index (κ2) is 7.11. The normalized spacial score (nSPS) is 15.6. The van der Waals surface area contributed by atoms with Crippen LogP contribution < -0.4 is 10.5 Å². The van der Waals surface area contributed by atoms with Crippen molar-refractivity contribution in [1.29, 1.82) is 0 Å². The van der Waals surface area contributed by atoms with Crippen molar-refractivity contribution in [3.63, 3.8) is 0 Å². The summed E-state index contributed by atoms with van der Waals surface area (Å²) in [5.41, 5.74) is 2.62. The van der Waals surface area contributed by atoms with E-state index in [-0.39, 0.29) is 5.56 Å². The highest BCUT2D eigenvalue weighted by atomic mass is 19.1. The number of aryl methyl sites for hydroxylation is 1. The number of hydrogen-bond acceptors (Lipinski definition) is 4. The average molecular weight is 373 g/mol. The molecule has 1 N–H and O–H groups in total. The van der Waals surface area contributed by atoms with Gasteiger partial charge in [0.05, 0.1) is 11.4 Å². The van der Waals surface area contributed by atoms with Gasteiger partial charge in [0.1, 0.15) is 17.3 Å². The largest absolute Gasteiger partial charge is 0.367 e. The minimum absolute atomic E-state index is 0.0774. The number of hydrogen-bond donors (Lipinski definition) is 1. The van der Waals surface area contributed by atoms with Crippen LogP contribution in [-0.2, 0) is 13.0 Å². The molecule has 4 rings (SSSR count). The number of H-pyrrole nitrogens is 1. The van der Waals surface area contributed by atoms with Crippen LogP contribution in [0.1, 0.15) is 18.2 Å². The van der Waals surface area contributed by atoms with E-state index in [1.807, 2.05) is 17.9 Å². The molecule has 3 aromatic rings. The van der Waals surface area contributed by atoms with Crippen molar-refractivity contribution in [1.82, 2.24) is 19.5 Å². The van der Waals surface area contributed by atoms with Crippen LogP contribution in [0.4, 0.5) is 14.5 Å². The third-order valence-corrected chi connectivity index (χ3v) is 4.99. The van der Waals surface area contributed by atoms with Gasteiger partial charge in [0, 0.05) is 56.6 Å². The first-order valence-electron chi connectivity index (χ1n) is 9.06. The highest BCUT2D eigenvalue weighted by Gasteiger charge is 2.20. The highest BCUT2D eigenvalue weighted by molar-refractivity contribution is 5.48. The van der Waals surface area contributed by atoms with Crippen LogP contribution in [0.2, 0.25) is 0 Å². The van der Waals surface area contributed by atoms with Gasteiger partial charge in [-0.3, -0.25) is 9.69 Å². The predicted molar refractivity (Wildman–Crippen MR) is 99.0 cm³/mol. The fourth-order valence-corrected chi connectivity index (χ4v) is 3.48. The molecule has 8 heteroatoms. The summed E-state index contributed by atoms with van der Waals surface area (Å²) in [6.07, 6.45) is 2.43. The van der Waals surface area contributed by atoms with Crippen molar-refractivity contribution in [2.24, 2.45) is 0 Å². The van der Waals surface area contributed by atoms with E-state index >= 15 is 0 Å². The van der Waals surface area contributed by atoms with Gasteiger partial charge in [-0.1, -0.05) is 6.92 Å². The summed E-state index contributed by atoms with van der Waals surface area (Å²) in [6, 6.07) is 5.58. The van der Waals surface area contributed by atoms with Gasteiger partial charge in [0.25, 0.3) is 5.56 Å².